The lowest BCUT2D eigenvalue weighted by Gasteiger charge is -2.02. The second-order valence-corrected chi connectivity index (χ2v) is 5.29. The minimum Gasteiger partial charge on any atom is -0.408 e. The van der Waals surface area contributed by atoms with Crippen molar-refractivity contribution in [3.8, 4) is 0 Å². The normalized spacial score (nSPS) is 10.9. The van der Waals surface area contributed by atoms with Crippen LogP contribution in [0.5, 0.6) is 0 Å². The predicted molar refractivity (Wildman–Crippen MR) is 79.7 cm³/mol. The van der Waals surface area contributed by atoms with Crippen molar-refractivity contribution in [2.75, 3.05) is 11.9 Å². The van der Waals surface area contributed by atoms with Crippen molar-refractivity contribution in [2.45, 2.75) is 6.42 Å². The van der Waals surface area contributed by atoms with E-state index in [2.05, 4.69) is 15.3 Å². The lowest BCUT2D eigenvalue weighted by atomic mass is 10.3. The van der Waals surface area contributed by atoms with E-state index in [0.717, 1.165) is 5.01 Å². The molecule has 108 valence electrons. The number of anilines is 1. The summed E-state index contributed by atoms with van der Waals surface area (Å²) in [7, 11) is 0. The average molecular weight is 304 g/mol. The van der Waals surface area contributed by atoms with Gasteiger partial charge in [0.2, 0.25) is 0 Å². The van der Waals surface area contributed by atoms with Gasteiger partial charge in [-0.15, -0.1) is 11.3 Å². The molecular weight excluding hydrogens is 292 g/mol. The van der Waals surface area contributed by atoms with Crippen LogP contribution in [0, 0.1) is 0 Å². The first-order valence-electron chi connectivity index (χ1n) is 6.24. The van der Waals surface area contributed by atoms with Gasteiger partial charge in [-0.25, -0.2) is 9.78 Å². The Hall–Kier alpha value is -2.45. The number of benzene rings is 1. The van der Waals surface area contributed by atoms with E-state index >= 15 is 0 Å². The van der Waals surface area contributed by atoms with Crippen molar-refractivity contribution in [3.63, 3.8) is 0 Å². The molecule has 3 rings (SSSR count). The number of carbonyl (C=O) groups excluding carboxylic acids is 1. The second-order valence-electron chi connectivity index (χ2n) is 4.34. The van der Waals surface area contributed by atoms with Crippen LogP contribution in [0.3, 0.4) is 0 Å². The third kappa shape index (κ3) is 2.86. The van der Waals surface area contributed by atoms with E-state index in [0.29, 0.717) is 35.4 Å². The summed E-state index contributed by atoms with van der Waals surface area (Å²) in [5, 5.41) is 5.25. The number of nitrogens with one attached hydrogen (secondary N) is 2. The maximum atomic E-state index is 12.1. The molecule has 0 saturated carbocycles. The highest BCUT2D eigenvalue weighted by atomic mass is 32.1. The van der Waals surface area contributed by atoms with Gasteiger partial charge in [0.15, 0.2) is 5.58 Å². The maximum absolute atomic E-state index is 12.1. The van der Waals surface area contributed by atoms with Gasteiger partial charge in [0.25, 0.3) is 5.91 Å². The Morgan fingerprint density at radius 1 is 1.48 bits per heavy atom. The molecule has 3 aromatic rings. The first-order chi connectivity index (χ1) is 10.2. The van der Waals surface area contributed by atoms with E-state index < -0.39 is 5.76 Å². The summed E-state index contributed by atoms with van der Waals surface area (Å²) >= 11 is 1.40. The number of H-pyrrole nitrogens is 1. The van der Waals surface area contributed by atoms with Crippen LogP contribution in [0.25, 0.3) is 11.1 Å². The topological polar surface area (TPSA) is 114 Å². The number of amides is 1. The molecule has 0 radical (unpaired) electrons. The number of hydrogen-bond donors (Lipinski definition) is 3. The molecule has 0 aliphatic heterocycles. The molecule has 0 spiro atoms. The van der Waals surface area contributed by atoms with Gasteiger partial charge in [-0.3, -0.25) is 9.78 Å². The fraction of sp³-hybridized carbons (Fsp3) is 0.154. The molecule has 21 heavy (non-hydrogen) atoms. The zero-order chi connectivity index (χ0) is 14.8. The lowest BCUT2D eigenvalue weighted by Crippen LogP contribution is -2.12. The Kier molecular flexibility index (Phi) is 3.55. The van der Waals surface area contributed by atoms with Gasteiger partial charge in [0.1, 0.15) is 5.69 Å². The summed E-state index contributed by atoms with van der Waals surface area (Å²) in [6.45, 7) is 0.499. The van der Waals surface area contributed by atoms with E-state index in [9.17, 15) is 9.59 Å². The molecule has 0 saturated heterocycles. The van der Waals surface area contributed by atoms with Crippen LogP contribution >= 0.6 is 11.3 Å². The zero-order valence-electron chi connectivity index (χ0n) is 10.9. The minimum absolute atomic E-state index is 0.306. The molecular formula is C13H12N4O3S. The fourth-order valence-corrected chi connectivity index (χ4v) is 2.67. The number of aromatic amines is 1. The van der Waals surface area contributed by atoms with Crippen LogP contribution in [-0.4, -0.2) is 22.4 Å². The maximum Gasteiger partial charge on any atom is 0.417 e. The van der Waals surface area contributed by atoms with Gasteiger partial charge in [0, 0.05) is 17.5 Å². The Labute approximate surface area is 122 Å². The van der Waals surface area contributed by atoms with Gasteiger partial charge in [-0.05, 0) is 24.7 Å². The van der Waals surface area contributed by atoms with Crippen molar-refractivity contribution in [1.29, 1.82) is 0 Å². The average Bonchev–Trinajstić information content (AvgIpc) is 3.04. The highest BCUT2D eigenvalue weighted by Gasteiger charge is 2.11. The van der Waals surface area contributed by atoms with Gasteiger partial charge >= 0.3 is 5.76 Å². The summed E-state index contributed by atoms with van der Waals surface area (Å²) in [6, 6.07) is 4.90. The van der Waals surface area contributed by atoms with Gasteiger partial charge in [0.05, 0.1) is 10.5 Å². The van der Waals surface area contributed by atoms with Gasteiger partial charge in [-0.2, -0.15) is 0 Å². The molecule has 0 atom stereocenters. The van der Waals surface area contributed by atoms with E-state index in [1.807, 2.05) is 0 Å². The van der Waals surface area contributed by atoms with Crippen molar-refractivity contribution in [2.24, 2.45) is 5.73 Å². The van der Waals surface area contributed by atoms with Crippen LogP contribution in [-0.2, 0) is 6.42 Å². The minimum atomic E-state index is -0.528. The van der Waals surface area contributed by atoms with E-state index in [1.165, 1.54) is 11.3 Å². The number of thiazole rings is 1. The van der Waals surface area contributed by atoms with Crippen LogP contribution in [0.4, 0.5) is 5.69 Å². The Morgan fingerprint density at radius 2 is 2.33 bits per heavy atom. The van der Waals surface area contributed by atoms with Crippen LogP contribution in [0.15, 0.2) is 32.8 Å². The lowest BCUT2D eigenvalue weighted by molar-refractivity contribution is 0.102. The quantitative estimate of drug-likeness (QED) is 0.673. The zero-order valence-corrected chi connectivity index (χ0v) is 11.7. The number of nitrogens with zero attached hydrogens (tertiary/aromatic N) is 1. The molecule has 8 heteroatoms. The highest BCUT2D eigenvalue weighted by molar-refractivity contribution is 7.09. The summed E-state index contributed by atoms with van der Waals surface area (Å²) in [4.78, 5) is 29.9. The summed E-state index contributed by atoms with van der Waals surface area (Å²) < 4.78 is 4.90. The molecule has 4 N–H and O–H groups in total. The Bertz CT molecular complexity index is 848. The summed E-state index contributed by atoms with van der Waals surface area (Å²) in [5.41, 5.74) is 7.33. The van der Waals surface area contributed by atoms with Crippen LogP contribution in [0.1, 0.15) is 15.5 Å². The molecule has 2 aromatic heterocycles. The smallest absolute Gasteiger partial charge is 0.408 e. The molecule has 2 heterocycles. The van der Waals surface area contributed by atoms with Crippen LogP contribution < -0.4 is 16.8 Å². The monoisotopic (exact) mass is 304 g/mol. The third-order valence-corrected chi connectivity index (χ3v) is 3.73. The van der Waals surface area contributed by atoms with Crippen LogP contribution in [0.2, 0.25) is 0 Å². The molecule has 0 aliphatic rings. The van der Waals surface area contributed by atoms with E-state index in [1.54, 1.807) is 23.6 Å². The number of aromatic nitrogens is 2. The summed E-state index contributed by atoms with van der Waals surface area (Å²) in [5.74, 6) is -0.834. The number of rotatable bonds is 4. The third-order valence-electron chi connectivity index (χ3n) is 2.82. The first kappa shape index (κ1) is 13.5. The molecule has 1 amide bonds. The molecule has 0 fully saturated rings. The van der Waals surface area contributed by atoms with E-state index in [4.69, 9.17) is 10.2 Å². The Morgan fingerprint density at radius 3 is 3.14 bits per heavy atom. The Balaban J connectivity index is 1.79. The number of carbonyl (C=O) groups is 1. The molecule has 0 unspecified atom stereocenters. The number of nitrogens with two attached hydrogens (primary N) is 1. The first-order valence-corrected chi connectivity index (χ1v) is 7.12. The number of oxazole rings is 1. The van der Waals surface area contributed by atoms with Crippen molar-refractivity contribution in [3.05, 3.63) is 44.8 Å². The molecule has 0 aliphatic carbocycles. The molecule has 7 nitrogen and oxygen atoms in total. The number of fused-ring (bicyclic) bond motifs is 1. The predicted octanol–water partition coefficient (Wildman–Crippen LogP) is 1.33. The van der Waals surface area contributed by atoms with Crippen molar-refractivity contribution >= 4 is 34.0 Å². The van der Waals surface area contributed by atoms with E-state index in [-0.39, 0.29) is 5.91 Å². The standard InChI is InChI=1S/C13H12N4O3S/c14-4-3-11-16-9(6-21-11)12(18)15-7-1-2-10-8(5-7)17-13(19)20-10/h1-2,5-6H,3-4,14H2,(H,15,18)(H,17,19). The molecule has 0 bridgehead atoms. The van der Waals surface area contributed by atoms with Gasteiger partial charge in [-0.1, -0.05) is 0 Å². The van der Waals surface area contributed by atoms with Crippen molar-refractivity contribution in [1.82, 2.24) is 9.97 Å². The summed E-state index contributed by atoms with van der Waals surface area (Å²) in [6.07, 6.45) is 0.653. The highest BCUT2D eigenvalue weighted by Crippen LogP contribution is 2.17. The SMILES string of the molecule is NCCc1nc(C(=O)Nc2ccc3oc(=O)[nH]c3c2)cs1. The van der Waals surface area contributed by atoms with Gasteiger partial charge < -0.3 is 15.5 Å². The van der Waals surface area contributed by atoms with Crippen molar-refractivity contribution < 1.29 is 9.21 Å². The largest absolute Gasteiger partial charge is 0.417 e. The molecule has 1 aromatic carbocycles. The second kappa shape index (κ2) is 5.51. The number of hydrogen-bond acceptors (Lipinski definition) is 6. The fourth-order valence-electron chi connectivity index (χ4n) is 1.88.